The zero-order valence-electron chi connectivity index (χ0n) is 22.7. The van der Waals surface area contributed by atoms with Gasteiger partial charge in [-0.1, -0.05) is 0 Å². The molecule has 0 spiro atoms. The second-order valence-electron chi connectivity index (χ2n) is 10.7. The third-order valence-electron chi connectivity index (χ3n) is 8.16. The number of amides is 1. The number of aryl methyl sites for hydroxylation is 2. The maximum absolute atomic E-state index is 12.3. The van der Waals surface area contributed by atoms with Gasteiger partial charge in [-0.15, -0.1) is 0 Å². The largest absolute Gasteiger partial charge is 0.485 e. The molecule has 0 bridgehead atoms. The molecular formula is C29H33N7O4. The van der Waals surface area contributed by atoms with Crippen LogP contribution in [0.5, 0.6) is 5.75 Å². The van der Waals surface area contributed by atoms with Crippen LogP contribution < -0.4 is 10.1 Å². The predicted octanol–water partition coefficient (Wildman–Crippen LogP) is 3.24. The van der Waals surface area contributed by atoms with E-state index in [1.807, 2.05) is 38.6 Å². The number of carboxylic acids is 1. The molecule has 11 heteroatoms. The number of nitrogens with one attached hydrogen (secondary N) is 1. The van der Waals surface area contributed by atoms with Crippen molar-refractivity contribution in [2.24, 2.45) is 7.05 Å². The van der Waals surface area contributed by atoms with Crippen LogP contribution in [-0.4, -0.2) is 78.8 Å². The minimum Gasteiger partial charge on any atom is -0.485 e. The Morgan fingerprint density at radius 1 is 1.18 bits per heavy atom. The number of pyridine rings is 2. The number of piperidine rings is 1. The summed E-state index contributed by atoms with van der Waals surface area (Å²) in [6.45, 7) is 5.54. The van der Waals surface area contributed by atoms with Crippen molar-refractivity contribution in [2.75, 3.05) is 31.5 Å². The fourth-order valence-corrected chi connectivity index (χ4v) is 6.07. The lowest BCUT2D eigenvalue weighted by atomic mass is 9.91. The summed E-state index contributed by atoms with van der Waals surface area (Å²) in [6.07, 6.45) is 10.6. The summed E-state index contributed by atoms with van der Waals surface area (Å²) in [5.74, 6) is 0.526. The molecule has 3 aromatic rings. The van der Waals surface area contributed by atoms with Crippen molar-refractivity contribution in [3.05, 3.63) is 59.8 Å². The van der Waals surface area contributed by atoms with E-state index in [4.69, 9.17) is 14.8 Å². The number of nitrogens with zero attached hydrogens (tertiary/aromatic N) is 6. The molecule has 2 N–H and O–H groups in total. The van der Waals surface area contributed by atoms with Crippen molar-refractivity contribution in [1.82, 2.24) is 29.5 Å². The Balaban J connectivity index is 1.14. The Morgan fingerprint density at radius 2 is 2.00 bits per heavy atom. The molecule has 6 rings (SSSR count). The van der Waals surface area contributed by atoms with Crippen molar-refractivity contribution in [3.8, 4) is 16.9 Å². The monoisotopic (exact) mass is 543 g/mol. The maximum Gasteiger partial charge on any atom is 0.328 e. The minimum atomic E-state index is -1.11. The Kier molecular flexibility index (Phi) is 6.97. The lowest BCUT2D eigenvalue weighted by Crippen LogP contribution is -2.43. The second-order valence-corrected chi connectivity index (χ2v) is 10.7. The van der Waals surface area contributed by atoms with Crippen LogP contribution in [0.15, 0.2) is 42.9 Å². The van der Waals surface area contributed by atoms with Gasteiger partial charge in [-0.25, -0.2) is 9.78 Å². The van der Waals surface area contributed by atoms with Gasteiger partial charge in [-0.3, -0.25) is 19.4 Å². The Morgan fingerprint density at radius 3 is 2.75 bits per heavy atom. The molecule has 0 unspecified atom stereocenters. The zero-order chi connectivity index (χ0) is 27.8. The molecule has 6 heterocycles. The number of aromatic nitrogens is 4. The van der Waals surface area contributed by atoms with Crippen LogP contribution in [0, 0.1) is 6.92 Å². The van der Waals surface area contributed by atoms with Crippen LogP contribution in [0.4, 0.5) is 11.5 Å². The highest BCUT2D eigenvalue weighted by atomic mass is 16.5. The van der Waals surface area contributed by atoms with Crippen molar-refractivity contribution >= 4 is 23.4 Å². The van der Waals surface area contributed by atoms with E-state index in [2.05, 4.69) is 26.4 Å². The fraction of sp³-hybridized carbons (Fsp3) is 0.414. The molecule has 3 aliphatic heterocycles. The van der Waals surface area contributed by atoms with Crippen molar-refractivity contribution in [3.63, 3.8) is 0 Å². The number of anilines is 2. The molecule has 0 aromatic carbocycles. The van der Waals surface area contributed by atoms with Gasteiger partial charge in [0.05, 0.1) is 17.6 Å². The standard InChI is InChI=1S/C29H33N7O4/c1-18-28-25(33-29-23(17-40-28)22(5-9-30-29)20-14-31-34(2)15-20)13-24(32-18)19-6-10-35(11-7-19)21-8-12-36(16-21)26(37)3-4-27(38)39/h3-5,9,13-15,19,21H,6-8,10-12,16-17H2,1-2H3,(H,30,33)(H,38,39)/b4-3+/t21-/m0/s1. The summed E-state index contributed by atoms with van der Waals surface area (Å²) < 4.78 is 8.08. The van der Waals surface area contributed by atoms with Crippen molar-refractivity contribution in [2.45, 2.75) is 44.8 Å². The third kappa shape index (κ3) is 5.16. The van der Waals surface area contributed by atoms with Crippen molar-refractivity contribution in [1.29, 1.82) is 0 Å². The van der Waals surface area contributed by atoms with E-state index in [1.165, 1.54) is 0 Å². The SMILES string of the molecule is Cc1nc(C2CCN([C@H]3CCN(C(=O)/C=C/C(=O)O)C3)CC2)cc2c1OCc1c(-c3cnn(C)c3)ccnc1N2. The van der Waals surface area contributed by atoms with Crippen LogP contribution in [-0.2, 0) is 23.2 Å². The summed E-state index contributed by atoms with van der Waals surface area (Å²) in [6, 6.07) is 4.41. The van der Waals surface area contributed by atoms with E-state index < -0.39 is 5.97 Å². The van der Waals surface area contributed by atoms with E-state index in [0.29, 0.717) is 31.7 Å². The van der Waals surface area contributed by atoms with E-state index in [9.17, 15) is 9.59 Å². The number of carbonyl (C=O) groups is 2. The van der Waals surface area contributed by atoms with Crippen LogP contribution in [0.2, 0.25) is 0 Å². The fourth-order valence-electron chi connectivity index (χ4n) is 6.07. The van der Waals surface area contributed by atoms with E-state index in [-0.39, 0.29) is 5.91 Å². The summed E-state index contributed by atoms with van der Waals surface area (Å²) in [5.41, 5.74) is 5.86. The van der Waals surface area contributed by atoms with Gasteiger partial charge in [-0.2, -0.15) is 5.10 Å². The summed E-state index contributed by atoms with van der Waals surface area (Å²) in [7, 11) is 1.90. The van der Waals surface area contributed by atoms with Gasteiger partial charge >= 0.3 is 5.97 Å². The number of ether oxygens (including phenoxy) is 1. The molecule has 0 radical (unpaired) electrons. The van der Waals surface area contributed by atoms with Gasteiger partial charge in [0.2, 0.25) is 5.91 Å². The Bertz CT molecular complexity index is 1480. The zero-order valence-corrected chi connectivity index (χ0v) is 22.7. The molecule has 11 nitrogen and oxygen atoms in total. The lowest BCUT2D eigenvalue weighted by molar-refractivity contribution is -0.132. The normalized spacial score (nSPS) is 19.6. The molecule has 1 atom stereocenters. The molecule has 2 saturated heterocycles. The lowest BCUT2D eigenvalue weighted by Gasteiger charge is -2.36. The highest BCUT2D eigenvalue weighted by molar-refractivity contribution is 5.94. The van der Waals surface area contributed by atoms with E-state index in [0.717, 1.165) is 89.8 Å². The van der Waals surface area contributed by atoms with Gasteiger partial charge in [-0.05, 0) is 57.0 Å². The first-order valence-corrected chi connectivity index (χ1v) is 13.7. The number of carboxylic acid groups (broad SMARTS) is 1. The van der Waals surface area contributed by atoms with Gasteiger partial charge in [0.15, 0.2) is 5.75 Å². The number of fused-ring (bicyclic) bond motifs is 2. The molecule has 0 aliphatic carbocycles. The first-order chi connectivity index (χ1) is 19.4. The van der Waals surface area contributed by atoms with Crippen LogP contribution in [0.25, 0.3) is 11.1 Å². The third-order valence-corrected chi connectivity index (χ3v) is 8.16. The van der Waals surface area contributed by atoms with Crippen LogP contribution in [0.1, 0.15) is 42.1 Å². The van der Waals surface area contributed by atoms with Gasteiger partial charge in [0, 0.05) is 73.5 Å². The Labute approximate surface area is 232 Å². The molecule has 3 aliphatic rings. The summed E-state index contributed by atoms with van der Waals surface area (Å²) in [5, 5.41) is 16.6. The predicted molar refractivity (Wildman–Crippen MR) is 148 cm³/mol. The van der Waals surface area contributed by atoms with Gasteiger partial charge in [0.1, 0.15) is 12.4 Å². The summed E-state index contributed by atoms with van der Waals surface area (Å²) in [4.78, 5) is 36.8. The van der Waals surface area contributed by atoms with Gasteiger partial charge < -0.3 is 20.1 Å². The number of hydrogen-bond donors (Lipinski definition) is 2. The maximum atomic E-state index is 12.3. The number of rotatable bonds is 5. The molecule has 1 amide bonds. The average Bonchev–Trinajstić information content (AvgIpc) is 3.57. The molecule has 40 heavy (non-hydrogen) atoms. The molecule has 208 valence electrons. The molecule has 0 saturated carbocycles. The quantitative estimate of drug-likeness (QED) is 0.467. The van der Waals surface area contributed by atoms with Crippen LogP contribution in [0.3, 0.4) is 0 Å². The minimum absolute atomic E-state index is 0.234. The molecule has 3 aromatic heterocycles. The summed E-state index contributed by atoms with van der Waals surface area (Å²) >= 11 is 0. The van der Waals surface area contributed by atoms with Crippen LogP contribution >= 0.6 is 0 Å². The first-order valence-electron chi connectivity index (χ1n) is 13.7. The number of hydrogen-bond acceptors (Lipinski definition) is 8. The number of aliphatic carboxylic acids is 1. The second kappa shape index (κ2) is 10.7. The first kappa shape index (κ1) is 26.0. The highest BCUT2D eigenvalue weighted by Crippen LogP contribution is 2.40. The molecule has 2 fully saturated rings. The van der Waals surface area contributed by atoms with E-state index in [1.54, 1.807) is 9.58 Å². The molecular weight excluding hydrogens is 510 g/mol. The van der Waals surface area contributed by atoms with E-state index >= 15 is 0 Å². The highest BCUT2D eigenvalue weighted by Gasteiger charge is 2.33. The Hall–Kier alpha value is -4.25. The average molecular weight is 544 g/mol. The smallest absolute Gasteiger partial charge is 0.328 e. The number of carbonyl (C=O) groups excluding carboxylic acids is 1. The van der Waals surface area contributed by atoms with Gasteiger partial charge in [0.25, 0.3) is 0 Å². The van der Waals surface area contributed by atoms with Crippen molar-refractivity contribution < 1.29 is 19.4 Å². The number of likely N-dealkylation sites (tertiary alicyclic amines) is 2. The topological polar surface area (TPSA) is 126 Å².